The summed E-state index contributed by atoms with van der Waals surface area (Å²) in [6.45, 7) is 2.09. The van der Waals surface area contributed by atoms with Crippen LogP contribution in [0.3, 0.4) is 0 Å². The van der Waals surface area contributed by atoms with Crippen molar-refractivity contribution in [2.24, 2.45) is 5.41 Å². The lowest BCUT2D eigenvalue weighted by atomic mass is 9.52. The minimum absolute atomic E-state index is 0.0718. The van der Waals surface area contributed by atoms with E-state index in [1.54, 1.807) is 7.11 Å². The SMILES string of the molecule is COC(=O)CC12CCCN3CCC4(c5cccc(OC)c5N(C=O)C4CC1)C32. The molecule has 5 rings (SSSR count). The first-order valence-corrected chi connectivity index (χ1v) is 10.3. The molecular weight excluding hydrogens is 356 g/mol. The van der Waals surface area contributed by atoms with Crippen molar-refractivity contribution < 1.29 is 19.1 Å². The second-order valence-corrected chi connectivity index (χ2v) is 8.87. The van der Waals surface area contributed by atoms with Gasteiger partial charge >= 0.3 is 5.97 Å². The highest BCUT2D eigenvalue weighted by Crippen LogP contribution is 2.66. The lowest BCUT2D eigenvalue weighted by Gasteiger charge is -2.58. The highest BCUT2D eigenvalue weighted by molar-refractivity contribution is 5.87. The van der Waals surface area contributed by atoms with E-state index in [1.807, 2.05) is 17.0 Å². The Morgan fingerprint density at radius 3 is 2.86 bits per heavy atom. The molecule has 3 heterocycles. The summed E-state index contributed by atoms with van der Waals surface area (Å²) in [6, 6.07) is 6.57. The first kappa shape index (κ1) is 18.0. The Hall–Kier alpha value is -2.08. The highest BCUT2D eigenvalue weighted by atomic mass is 16.5. The Bertz CT molecular complexity index is 827. The zero-order valence-electron chi connectivity index (χ0n) is 16.6. The predicted octanol–water partition coefficient (Wildman–Crippen LogP) is 2.49. The topological polar surface area (TPSA) is 59.1 Å². The Morgan fingerprint density at radius 2 is 2.11 bits per heavy atom. The molecule has 0 radical (unpaired) electrons. The van der Waals surface area contributed by atoms with Crippen LogP contribution in [-0.2, 0) is 19.7 Å². The van der Waals surface area contributed by atoms with Crippen molar-refractivity contribution in [1.82, 2.24) is 4.90 Å². The minimum atomic E-state index is -0.128. The van der Waals surface area contributed by atoms with E-state index in [9.17, 15) is 9.59 Å². The molecule has 0 aromatic heterocycles. The number of carbonyl (C=O) groups excluding carboxylic acids is 2. The number of hydrogen-bond acceptors (Lipinski definition) is 5. The van der Waals surface area contributed by atoms with E-state index in [1.165, 1.54) is 12.7 Å². The molecule has 1 aliphatic carbocycles. The fourth-order valence-electron chi connectivity index (χ4n) is 7.25. The number of piperidine rings is 1. The molecule has 2 saturated heterocycles. The number of fused-ring (bicyclic) bond motifs is 1. The number of hydrogen-bond donors (Lipinski definition) is 0. The van der Waals surface area contributed by atoms with Crippen LogP contribution in [-0.4, -0.2) is 56.7 Å². The van der Waals surface area contributed by atoms with Gasteiger partial charge in [0.05, 0.1) is 26.3 Å². The molecule has 1 spiro atoms. The number of nitrogens with zero attached hydrogens (tertiary/aromatic N) is 2. The minimum Gasteiger partial charge on any atom is -0.495 e. The number of methoxy groups -OCH3 is 2. The number of rotatable bonds is 4. The van der Waals surface area contributed by atoms with E-state index in [0.717, 1.165) is 63.0 Å². The van der Waals surface area contributed by atoms with E-state index in [4.69, 9.17) is 9.47 Å². The standard InChI is InChI=1S/C22H28N2O4/c1-27-16-6-3-5-15-19(16)24(14-25)17-7-9-21(13-18(26)28-2)8-4-11-23-12-10-22(15,17)20(21)23/h3,5-6,14,17,20H,4,7-13H2,1-2H3. The van der Waals surface area contributed by atoms with Crippen LogP contribution in [0.15, 0.2) is 18.2 Å². The molecule has 0 bridgehead atoms. The maximum atomic E-state index is 12.4. The molecule has 6 heteroatoms. The molecular formula is C22H28N2O4. The lowest BCUT2D eigenvalue weighted by molar-refractivity contribution is -0.148. The van der Waals surface area contributed by atoms with Gasteiger partial charge in [0.15, 0.2) is 0 Å². The third-order valence-electron chi connectivity index (χ3n) is 8.03. The zero-order chi connectivity index (χ0) is 19.5. The highest BCUT2D eigenvalue weighted by Gasteiger charge is 2.69. The Kier molecular flexibility index (Phi) is 3.99. The van der Waals surface area contributed by atoms with Gasteiger partial charge in [-0.15, -0.1) is 0 Å². The third-order valence-corrected chi connectivity index (χ3v) is 8.03. The van der Waals surface area contributed by atoms with Crippen molar-refractivity contribution in [1.29, 1.82) is 0 Å². The maximum Gasteiger partial charge on any atom is 0.306 e. The van der Waals surface area contributed by atoms with E-state index >= 15 is 0 Å². The van der Waals surface area contributed by atoms with Crippen LogP contribution in [0.2, 0.25) is 0 Å². The third kappa shape index (κ3) is 2.07. The van der Waals surface area contributed by atoms with Crippen molar-refractivity contribution in [3.8, 4) is 5.75 Å². The molecule has 1 saturated carbocycles. The molecule has 1 aromatic rings. The number of para-hydroxylation sites is 1. The summed E-state index contributed by atoms with van der Waals surface area (Å²) < 4.78 is 10.8. The summed E-state index contributed by atoms with van der Waals surface area (Å²) in [4.78, 5) is 29.1. The van der Waals surface area contributed by atoms with Crippen LogP contribution in [0.5, 0.6) is 5.75 Å². The normalized spacial score (nSPS) is 35.7. The molecule has 3 aliphatic heterocycles. The average molecular weight is 384 g/mol. The number of esters is 1. The fourth-order valence-corrected chi connectivity index (χ4v) is 7.25. The number of benzene rings is 1. The summed E-state index contributed by atoms with van der Waals surface area (Å²) in [6.07, 6.45) is 6.53. The summed E-state index contributed by atoms with van der Waals surface area (Å²) in [5, 5.41) is 0. The Labute approximate surface area is 165 Å². The van der Waals surface area contributed by atoms with Gasteiger partial charge in [-0.1, -0.05) is 12.1 Å². The van der Waals surface area contributed by atoms with Crippen LogP contribution in [0.25, 0.3) is 0 Å². The van der Waals surface area contributed by atoms with Gasteiger partial charge in [0.25, 0.3) is 0 Å². The Balaban J connectivity index is 1.71. The van der Waals surface area contributed by atoms with Crippen molar-refractivity contribution >= 4 is 18.1 Å². The largest absolute Gasteiger partial charge is 0.495 e. The molecule has 6 nitrogen and oxygen atoms in total. The summed E-state index contributed by atoms with van der Waals surface area (Å²) in [7, 11) is 3.15. The first-order chi connectivity index (χ1) is 13.6. The van der Waals surface area contributed by atoms with E-state index in [0.29, 0.717) is 6.42 Å². The van der Waals surface area contributed by atoms with Crippen LogP contribution in [0, 0.1) is 5.41 Å². The van der Waals surface area contributed by atoms with Crippen LogP contribution >= 0.6 is 0 Å². The van der Waals surface area contributed by atoms with Gasteiger partial charge in [-0.05, 0) is 62.2 Å². The molecule has 0 N–H and O–H groups in total. The van der Waals surface area contributed by atoms with E-state index in [-0.39, 0.29) is 28.9 Å². The monoisotopic (exact) mass is 384 g/mol. The fraction of sp³-hybridized carbons (Fsp3) is 0.636. The van der Waals surface area contributed by atoms with E-state index in [2.05, 4.69) is 11.0 Å². The first-order valence-electron chi connectivity index (χ1n) is 10.3. The van der Waals surface area contributed by atoms with Crippen LogP contribution in [0.4, 0.5) is 5.69 Å². The van der Waals surface area contributed by atoms with Crippen molar-refractivity contribution in [3.63, 3.8) is 0 Å². The predicted molar refractivity (Wildman–Crippen MR) is 105 cm³/mol. The summed E-state index contributed by atoms with van der Waals surface area (Å²) in [5.74, 6) is 0.652. The quantitative estimate of drug-likeness (QED) is 0.590. The molecule has 1 aromatic carbocycles. The summed E-state index contributed by atoms with van der Waals surface area (Å²) in [5.41, 5.74) is 1.97. The molecule has 4 atom stereocenters. The second kappa shape index (κ2) is 6.21. The Morgan fingerprint density at radius 1 is 1.25 bits per heavy atom. The smallest absolute Gasteiger partial charge is 0.306 e. The van der Waals surface area contributed by atoms with Crippen LogP contribution in [0.1, 0.15) is 44.1 Å². The van der Waals surface area contributed by atoms with Crippen LogP contribution < -0.4 is 9.64 Å². The number of carbonyl (C=O) groups is 2. The summed E-state index contributed by atoms with van der Waals surface area (Å²) >= 11 is 0. The number of ether oxygens (including phenoxy) is 2. The zero-order valence-corrected chi connectivity index (χ0v) is 16.6. The average Bonchev–Trinajstić information content (AvgIpc) is 3.25. The van der Waals surface area contributed by atoms with Crippen molar-refractivity contribution in [2.75, 3.05) is 32.2 Å². The molecule has 28 heavy (non-hydrogen) atoms. The number of amides is 1. The lowest BCUT2D eigenvalue weighted by Crippen LogP contribution is -2.65. The van der Waals surface area contributed by atoms with Gasteiger partial charge in [0, 0.05) is 17.5 Å². The van der Waals surface area contributed by atoms with Crippen molar-refractivity contribution in [2.45, 2.75) is 56.0 Å². The van der Waals surface area contributed by atoms with Crippen molar-refractivity contribution in [3.05, 3.63) is 23.8 Å². The van der Waals surface area contributed by atoms with Gasteiger partial charge in [-0.2, -0.15) is 0 Å². The van der Waals surface area contributed by atoms with Gasteiger partial charge in [0.1, 0.15) is 5.75 Å². The molecule has 1 amide bonds. The van der Waals surface area contributed by atoms with Gasteiger partial charge in [0.2, 0.25) is 6.41 Å². The molecule has 150 valence electrons. The number of anilines is 1. The van der Waals surface area contributed by atoms with Gasteiger partial charge in [-0.3, -0.25) is 14.5 Å². The molecule has 4 unspecified atom stereocenters. The van der Waals surface area contributed by atoms with Gasteiger partial charge in [-0.25, -0.2) is 0 Å². The second-order valence-electron chi connectivity index (χ2n) is 8.87. The van der Waals surface area contributed by atoms with Gasteiger partial charge < -0.3 is 14.4 Å². The maximum absolute atomic E-state index is 12.4. The van der Waals surface area contributed by atoms with E-state index < -0.39 is 0 Å². The molecule has 4 aliphatic rings. The molecule has 3 fully saturated rings.